The van der Waals surface area contributed by atoms with Gasteiger partial charge in [-0.3, -0.25) is 9.10 Å². The summed E-state index contributed by atoms with van der Waals surface area (Å²) in [6.07, 6.45) is 2.63. The third kappa shape index (κ3) is 5.73. The van der Waals surface area contributed by atoms with Crippen LogP contribution in [0.4, 0.5) is 5.69 Å². The van der Waals surface area contributed by atoms with Crippen molar-refractivity contribution in [3.63, 3.8) is 0 Å². The monoisotopic (exact) mass is 442 g/mol. The molecule has 8 nitrogen and oxygen atoms in total. The van der Waals surface area contributed by atoms with E-state index in [9.17, 15) is 18.0 Å². The fraction of sp³-hybridized carbons (Fsp3) is 0.182. The average molecular weight is 442 g/mol. The van der Waals surface area contributed by atoms with Gasteiger partial charge in [-0.1, -0.05) is 12.1 Å². The van der Waals surface area contributed by atoms with E-state index in [4.69, 9.17) is 4.42 Å². The van der Waals surface area contributed by atoms with Crippen LogP contribution in [0.3, 0.4) is 0 Å². The van der Waals surface area contributed by atoms with Crippen molar-refractivity contribution in [1.29, 1.82) is 0 Å². The number of sulfonamides is 1. The van der Waals surface area contributed by atoms with Gasteiger partial charge in [-0.2, -0.15) is 0 Å². The van der Waals surface area contributed by atoms with Crippen LogP contribution in [0.1, 0.15) is 32.0 Å². The average Bonchev–Trinajstić information content (AvgIpc) is 3.28. The number of amides is 1. The highest BCUT2D eigenvalue weighted by Gasteiger charge is 2.19. The molecule has 0 aliphatic rings. The van der Waals surface area contributed by atoms with E-state index in [0.29, 0.717) is 28.1 Å². The maximum Gasteiger partial charge on any atom is 0.337 e. The van der Waals surface area contributed by atoms with Crippen molar-refractivity contribution in [2.24, 2.45) is 0 Å². The molecule has 3 rings (SSSR count). The van der Waals surface area contributed by atoms with Gasteiger partial charge in [-0.05, 0) is 54.1 Å². The van der Waals surface area contributed by atoms with Crippen molar-refractivity contribution in [2.45, 2.75) is 13.1 Å². The molecule has 0 radical (unpaired) electrons. The molecule has 1 N–H and O–H groups in total. The first-order chi connectivity index (χ1) is 14.8. The number of nitrogens with zero attached hydrogens (tertiary/aromatic N) is 1. The van der Waals surface area contributed by atoms with Crippen LogP contribution in [0.2, 0.25) is 0 Å². The van der Waals surface area contributed by atoms with Gasteiger partial charge in [-0.15, -0.1) is 0 Å². The van der Waals surface area contributed by atoms with Crippen molar-refractivity contribution in [2.75, 3.05) is 17.7 Å². The standard InChI is InChI=1S/C22H22N2O6S/c1-29-22(26)17-8-10-19(11-9-17)24(31(2,27)28)15-16-5-3-6-18(13-16)21(25)23-14-20-7-4-12-30-20/h3-13H,14-15H2,1-2H3,(H,23,25). The van der Waals surface area contributed by atoms with Crippen LogP contribution < -0.4 is 9.62 Å². The number of methoxy groups -OCH3 is 1. The Morgan fingerprint density at radius 2 is 1.77 bits per heavy atom. The van der Waals surface area contributed by atoms with Crippen LogP contribution in [0.25, 0.3) is 0 Å². The summed E-state index contributed by atoms with van der Waals surface area (Å²) in [4.78, 5) is 24.1. The summed E-state index contributed by atoms with van der Waals surface area (Å²) in [5.74, 6) is -0.180. The van der Waals surface area contributed by atoms with E-state index in [1.165, 1.54) is 41.9 Å². The lowest BCUT2D eigenvalue weighted by Gasteiger charge is -2.23. The molecule has 0 saturated carbocycles. The van der Waals surface area contributed by atoms with Gasteiger partial charge in [0.1, 0.15) is 5.76 Å². The van der Waals surface area contributed by atoms with Gasteiger partial charge in [0.25, 0.3) is 5.91 Å². The van der Waals surface area contributed by atoms with E-state index in [2.05, 4.69) is 10.1 Å². The SMILES string of the molecule is COC(=O)c1ccc(N(Cc2cccc(C(=O)NCc3ccco3)c2)S(C)(=O)=O)cc1. The van der Waals surface area contributed by atoms with E-state index in [-0.39, 0.29) is 19.0 Å². The third-order valence-electron chi connectivity index (χ3n) is 4.50. The van der Waals surface area contributed by atoms with Crippen LogP contribution in [-0.4, -0.2) is 33.7 Å². The lowest BCUT2D eigenvalue weighted by Crippen LogP contribution is -2.29. The van der Waals surface area contributed by atoms with Crippen molar-refractivity contribution in [3.8, 4) is 0 Å². The van der Waals surface area contributed by atoms with E-state index in [1.807, 2.05) is 0 Å². The Kier molecular flexibility index (Phi) is 6.76. The lowest BCUT2D eigenvalue weighted by atomic mass is 10.1. The van der Waals surface area contributed by atoms with Crippen LogP contribution in [0, 0.1) is 0 Å². The molecule has 3 aromatic rings. The smallest absolute Gasteiger partial charge is 0.337 e. The molecule has 0 bridgehead atoms. The number of benzene rings is 2. The number of esters is 1. The fourth-order valence-corrected chi connectivity index (χ4v) is 3.83. The number of nitrogens with one attached hydrogen (secondary N) is 1. The van der Waals surface area contributed by atoms with Crippen molar-refractivity contribution in [1.82, 2.24) is 5.32 Å². The molecule has 1 heterocycles. The fourth-order valence-electron chi connectivity index (χ4n) is 2.94. The van der Waals surface area contributed by atoms with E-state index >= 15 is 0 Å². The lowest BCUT2D eigenvalue weighted by molar-refractivity contribution is 0.0600. The number of carbonyl (C=O) groups is 2. The molecule has 0 aliphatic carbocycles. The predicted molar refractivity (Wildman–Crippen MR) is 115 cm³/mol. The highest BCUT2D eigenvalue weighted by atomic mass is 32.2. The Hall–Kier alpha value is -3.59. The topological polar surface area (TPSA) is 106 Å². The number of rotatable bonds is 8. The molecule has 0 fully saturated rings. The largest absolute Gasteiger partial charge is 0.467 e. The second-order valence-electron chi connectivity index (χ2n) is 6.77. The van der Waals surface area contributed by atoms with Gasteiger partial charge in [0.05, 0.1) is 44.0 Å². The van der Waals surface area contributed by atoms with Crippen molar-refractivity contribution >= 4 is 27.6 Å². The Bertz CT molecular complexity index is 1150. The van der Waals surface area contributed by atoms with Gasteiger partial charge in [-0.25, -0.2) is 13.2 Å². The number of ether oxygens (including phenoxy) is 1. The highest BCUT2D eigenvalue weighted by Crippen LogP contribution is 2.22. The van der Waals surface area contributed by atoms with E-state index in [0.717, 1.165) is 6.26 Å². The Morgan fingerprint density at radius 1 is 1.03 bits per heavy atom. The third-order valence-corrected chi connectivity index (χ3v) is 5.64. The Balaban J connectivity index is 1.78. The van der Waals surface area contributed by atoms with Crippen molar-refractivity contribution in [3.05, 3.63) is 89.4 Å². The van der Waals surface area contributed by atoms with Gasteiger partial charge in [0.2, 0.25) is 10.0 Å². The predicted octanol–water partition coefficient (Wildman–Crippen LogP) is 2.96. The second-order valence-corrected chi connectivity index (χ2v) is 8.68. The molecule has 1 aromatic heterocycles. The Morgan fingerprint density at radius 3 is 2.39 bits per heavy atom. The van der Waals surface area contributed by atoms with Crippen LogP contribution in [0.15, 0.2) is 71.3 Å². The molecule has 9 heteroatoms. The zero-order valence-corrected chi connectivity index (χ0v) is 17.9. The van der Waals surface area contributed by atoms with Gasteiger partial charge in [0, 0.05) is 5.56 Å². The molecule has 0 atom stereocenters. The summed E-state index contributed by atoms with van der Waals surface area (Å²) < 4.78 is 35.9. The molecule has 0 saturated heterocycles. The molecule has 0 aliphatic heterocycles. The Labute approximate surface area is 180 Å². The summed E-state index contributed by atoms with van der Waals surface area (Å²) in [6.45, 7) is 0.272. The molecule has 162 valence electrons. The zero-order valence-electron chi connectivity index (χ0n) is 17.1. The second kappa shape index (κ2) is 9.48. The molecule has 0 unspecified atom stereocenters. The molecular formula is C22H22N2O6S. The van der Waals surface area contributed by atoms with Gasteiger partial charge in [0.15, 0.2) is 0 Å². The normalized spacial score (nSPS) is 11.0. The highest BCUT2D eigenvalue weighted by molar-refractivity contribution is 7.92. The minimum atomic E-state index is -3.62. The summed E-state index contributed by atoms with van der Waals surface area (Å²) in [5, 5.41) is 2.76. The number of hydrogen-bond donors (Lipinski definition) is 1. The molecule has 2 aromatic carbocycles. The minimum absolute atomic E-state index is 0.0235. The summed E-state index contributed by atoms with van der Waals surface area (Å²) in [7, 11) is -2.35. The van der Waals surface area contributed by atoms with Crippen LogP contribution in [0.5, 0.6) is 0 Å². The molecular weight excluding hydrogens is 420 g/mol. The summed E-state index contributed by atoms with van der Waals surface area (Å²) >= 11 is 0. The maximum atomic E-state index is 12.4. The quantitative estimate of drug-likeness (QED) is 0.538. The number of hydrogen-bond acceptors (Lipinski definition) is 6. The zero-order chi connectivity index (χ0) is 22.4. The number of carbonyl (C=O) groups excluding carboxylic acids is 2. The number of anilines is 1. The van der Waals surface area contributed by atoms with E-state index in [1.54, 1.807) is 36.4 Å². The molecule has 31 heavy (non-hydrogen) atoms. The first-order valence-electron chi connectivity index (χ1n) is 9.33. The van der Waals surface area contributed by atoms with Gasteiger partial charge < -0.3 is 14.5 Å². The van der Waals surface area contributed by atoms with E-state index < -0.39 is 16.0 Å². The summed E-state index contributed by atoms with van der Waals surface area (Å²) in [6, 6.07) is 16.3. The number of furan rings is 1. The van der Waals surface area contributed by atoms with Crippen LogP contribution >= 0.6 is 0 Å². The van der Waals surface area contributed by atoms with Gasteiger partial charge >= 0.3 is 5.97 Å². The summed E-state index contributed by atoms with van der Waals surface area (Å²) in [5.41, 5.74) is 1.74. The van der Waals surface area contributed by atoms with Crippen molar-refractivity contribution < 1.29 is 27.2 Å². The first kappa shape index (κ1) is 22.1. The maximum absolute atomic E-state index is 12.4. The van der Waals surface area contributed by atoms with Crippen LogP contribution in [-0.2, 0) is 27.8 Å². The first-order valence-corrected chi connectivity index (χ1v) is 11.2. The minimum Gasteiger partial charge on any atom is -0.467 e. The molecule has 1 amide bonds. The molecule has 0 spiro atoms.